The standard InChI is InChI=1S/C43H25BN4S/c1-3-12-26(13-4-1)46-36-23-35-32(30-19-11-18-29-28-16-7-9-20-34(28)48(35)42(29)30)22-33(36)44-40-31-17-8-10-21-39(31)49-43(40)47(27-14-5-2-6-15-27)38-25-45-24-37(46)41(38)44/h1-25H. The molecule has 2 aliphatic heterocycles. The number of nitrogens with zero attached hydrogens (tertiary/aromatic N) is 4. The average Bonchev–Trinajstić information content (AvgIpc) is 3.82. The van der Waals surface area contributed by atoms with Crippen molar-refractivity contribution in [3.63, 3.8) is 0 Å². The number of benzene rings is 6. The summed E-state index contributed by atoms with van der Waals surface area (Å²) in [5, 5.41) is 7.78. The third-order valence-corrected chi connectivity index (χ3v) is 11.9. The molecule has 6 heteroatoms. The third-order valence-electron chi connectivity index (χ3n) is 10.8. The summed E-state index contributed by atoms with van der Waals surface area (Å²) in [5.74, 6) is 0. The molecular weight excluding hydrogens is 615 g/mol. The molecular formula is C43H25BN4S. The van der Waals surface area contributed by atoms with Crippen molar-refractivity contribution in [2.45, 2.75) is 0 Å². The Labute approximate surface area is 286 Å². The summed E-state index contributed by atoms with van der Waals surface area (Å²) in [4.78, 5) is 9.87. The molecule has 0 atom stereocenters. The van der Waals surface area contributed by atoms with Gasteiger partial charge in [0.2, 0.25) is 0 Å². The van der Waals surface area contributed by atoms with E-state index < -0.39 is 0 Å². The Bertz CT molecular complexity index is 2970. The predicted octanol–water partition coefficient (Wildman–Crippen LogP) is 9.53. The fraction of sp³-hybridized carbons (Fsp3) is 0. The van der Waals surface area contributed by atoms with Crippen molar-refractivity contribution in [1.82, 2.24) is 9.38 Å². The van der Waals surface area contributed by atoms with Gasteiger partial charge in [-0.3, -0.25) is 4.98 Å². The average molecular weight is 641 g/mol. The van der Waals surface area contributed by atoms with Crippen molar-refractivity contribution in [2.24, 2.45) is 0 Å². The molecule has 0 unspecified atom stereocenters. The minimum absolute atomic E-state index is 0.0373. The summed E-state index contributed by atoms with van der Waals surface area (Å²) in [6.07, 6.45) is 4.15. The van der Waals surface area contributed by atoms with E-state index in [1.165, 1.54) is 75.3 Å². The van der Waals surface area contributed by atoms with E-state index in [9.17, 15) is 0 Å². The fourth-order valence-corrected chi connectivity index (χ4v) is 10.2. The van der Waals surface area contributed by atoms with Crippen LogP contribution in [0.25, 0.3) is 48.2 Å². The molecule has 0 radical (unpaired) electrons. The third kappa shape index (κ3) is 3.22. The van der Waals surface area contributed by atoms with Crippen LogP contribution in [0.3, 0.4) is 0 Å². The van der Waals surface area contributed by atoms with E-state index in [0.717, 1.165) is 22.7 Å². The van der Waals surface area contributed by atoms with Crippen molar-refractivity contribution in [3.05, 3.63) is 152 Å². The Hall–Kier alpha value is -6.11. The number of anilines is 6. The number of rotatable bonds is 2. The molecule has 4 aromatic heterocycles. The van der Waals surface area contributed by atoms with E-state index in [1.807, 2.05) is 11.3 Å². The van der Waals surface area contributed by atoms with E-state index in [-0.39, 0.29) is 6.71 Å². The molecule has 226 valence electrons. The van der Waals surface area contributed by atoms with E-state index in [2.05, 4.69) is 166 Å². The van der Waals surface area contributed by atoms with Crippen LogP contribution in [0.15, 0.2) is 152 Å². The van der Waals surface area contributed by atoms with Crippen LogP contribution in [0, 0.1) is 0 Å². The first kappa shape index (κ1) is 25.9. The monoisotopic (exact) mass is 640 g/mol. The second-order valence-corrected chi connectivity index (χ2v) is 14.2. The largest absolute Gasteiger partial charge is 0.310 e. The molecule has 6 heterocycles. The number of fused-ring (bicyclic) bond motifs is 12. The molecule has 0 aliphatic carbocycles. The van der Waals surface area contributed by atoms with Crippen LogP contribution >= 0.6 is 11.3 Å². The van der Waals surface area contributed by atoms with E-state index in [4.69, 9.17) is 4.98 Å². The Morgan fingerprint density at radius 2 is 1.12 bits per heavy atom. The second-order valence-electron chi connectivity index (χ2n) is 13.2. The lowest BCUT2D eigenvalue weighted by Crippen LogP contribution is -2.61. The highest BCUT2D eigenvalue weighted by Crippen LogP contribution is 2.48. The van der Waals surface area contributed by atoms with Crippen molar-refractivity contribution in [2.75, 3.05) is 9.80 Å². The number of hydrogen-bond donors (Lipinski definition) is 0. The molecule has 0 amide bonds. The van der Waals surface area contributed by atoms with Crippen molar-refractivity contribution >= 4 is 116 Å². The van der Waals surface area contributed by atoms with Crippen molar-refractivity contribution in [1.29, 1.82) is 0 Å². The number of aromatic nitrogens is 2. The predicted molar refractivity (Wildman–Crippen MR) is 208 cm³/mol. The van der Waals surface area contributed by atoms with Gasteiger partial charge in [-0.2, -0.15) is 0 Å². The zero-order chi connectivity index (χ0) is 31.8. The Morgan fingerprint density at radius 3 is 1.92 bits per heavy atom. The van der Waals surface area contributed by atoms with Gasteiger partial charge in [-0.15, -0.1) is 11.3 Å². The zero-order valence-corrected chi connectivity index (χ0v) is 27.0. The molecule has 0 bridgehead atoms. The van der Waals surface area contributed by atoms with Crippen molar-refractivity contribution < 1.29 is 0 Å². The van der Waals surface area contributed by atoms with Gasteiger partial charge in [0.05, 0.1) is 45.3 Å². The SMILES string of the molecule is c1ccc(N2c3cc4c(cc3B3c5c2cncc5N(c2ccccc2)c2sc5ccccc5c23)c2cccc3c5ccccc5n4c32)cc1. The van der Waals surface area contributed by atoms with Crippen molar-refractivity contribution in [3.8, 4) is 0 Å². The molecule has 0 saturated carbocycles. The van der Waals surface area contributed by atoms with Crippen LogP contribution in [0.5, 0.6) is 0 Å². The molecule has 10 aromatic rings. The number of pyridine rings is 1. The Morgan fingerprint density at radius 1 is 0.490 bits per heavy atom. The van der Waals surface area contributed by atoms with Crippen LogP contribution in [0.4, 0.5) is 33.4 Å². The quantitative estimate of drug-likeness (QED) is 0.176. The molecule has 12 rings (SSSR count). The molecule has 49 heavy (non-hydrogen) atoms. The molecule has 0 fully saturated rings. The normalized spacial score (nSPS) is 13.6. The first-order valence-electron chi connectivity index (χ1n) is 16.8. The molecule has 6 aromatic carbocycles. The second kappa shape index (κ2) is 9.28. The highest BCUT2D eigenvalue weighted by Gasteiger charge is 2.45. The maximum Gasteiger partial charge on any atom is 0.254 e. The number of thiophene rings is 1. The van der Waals surface area contributed by atoms with Gasteiger partial charge in [-0.25, -0.2) is 0 Å². The van der Waals surface area contributed by atoms with E-state index >= 15 is 0 Å². The lowest BCUT2D eigenvalue weighted by atomic mass is 9.33. The maximum absolute atomic E-state index is 4.97. The Balaban J connectivity index is 1.27. The maximum atomic E-state index is 4.97. The van der Waals surface area contributed by atoms with Crippen LogP contribution in [-0.2, 0) is 0 Å². The summed E-state index contributed by atoms with van der Waals surface area (Å²) < 4.78 is 3.79. The topological polar surface area (TPSA) is 23.8 Å². The van der Waals surface area contributed by atoms with Gasteiger partial charge in [0, 0.05) is 43.3 Å². The summed E-state index contributed by atoms with van der Waals surface area (Å²) in [7, 11) is 0. The smallest absolute Gasteiger partial charge is 0.254 e. The minimum Gasteiger partial charge on any atom is -0.310 e. The summed E-state index contributed by atoms with van der Waals surface area (Å²) in [5.41, 5.74) is 13.5. The fourth-order valence-electron chi connectivity index (χ4n) is 8.89. The highest BCUT2D eigenvalue weighted by molar-refractivity contribution is 7.26. The lowest BCUT2D eigenvalue weighted by molar-refractivity contribution is 1.21. The van der Waals surface area contributed by atoms with Gasteiger partial charge in [0.15, 0.2) is 0 Å². The van der Waals surface area contributed by atoms with Crippen LogP contribution < -0.4 is 26.2 Å². The van der Waals surface area contributed by atoms with E-state index in [1.54, 1.807) is 0 Å². The van der Waals surface area contributed by atoms with Gasteiger partial charge in [-0.05, 0) is 64.2 Å². The lowest BCUT2D eigenvalue weighted by Gasteiger charge is -2.42. The first-order chi connectivity index (χ1) is 24.3. The van der Waals surface area contributed by atoms with Gasteiger partial charge >= 0.3 is 0 Å². The summed E-state index contributed by atoms with van der Waals surface area (Å²) >= 11 is 1.88. The zero-order valence-electron chi connectivity index (χ0n) is 26.2. The van der Waals surface area contributed by atoms with Crippen LogP contribution in [-0.4, -0.2) is 16.1 Å². The first-order valence-corrected chi connectivity index (χ1v) is 17.6. The van der Waals surface area contributed by atoms with Crippen LogP contribution in [0.1, 0.15) is 0 Å². The minimum atomic E-state index is 0.0373. The molecule has 0 saturated heterocycles. The van der Waals surface area contributed by atoms with Crippen LogP contribution in [0.2, 0.25) is 0 Å². The number of para-hydroxylation sites is 4. The molecule has 2 aliphatic rings. The van der Waals surface area contributed by atoms with Gasteiger partial charge < -0.3 is 14.2 Å². The molecule has 0 spiro atoms. The van der Waals surface area contributed by atoms with Gasteiger partial charge in [-0.1, -0.05) is 97.1 Å². The highest BCUT2D eigenvalue weighted by atomic mass is 32.1. The van der Waals surface area contributed by atoms with Gasteiger partial charge in [0.1, 0.15) is 0 Å². The Kier molecular flexibility index (Phi) is 4.91. The summed E-state index contributed by atoms with van der Waals surface area (Å²) in [6.45, 7) is 0.0373. The summed E-state index contributed by atoms with van der Waals surface area (Å²) in [6, 6.07) is 51.1. The van der Waals surface area contributed by atoms with Gasteiger partial charge in [0.25, 0.3) is 6.71 Å². The molecule has 0 N–H and O–H groups in total. The number of hydrogen-bond acceptors (Lipinski definition) is 4. The van der Waals surface area contributed by atoms with E-state index in [0.29, 0.717) is 0 Å². The molecule has 4 nitrogen and oxygen atoms in total.